The van der Waals surface area contributed by atoms with Crippen molar-refractivity contribution in [3.8, 4) is 5.75 Å². The van der Waals surface area contributed by atoms with E-state index in [0.29, 0.717) is 6.42 Å². The summed E-state index contributed by atoms with van der Waals surface area (Å²) >= 11 is 0. The molecule has 3 N–H and O–H groups in total. The van der Waals surface area contributed by atoms with E-state index < -0.39 is 5.54 Å². The Morgan fingerprint density at radius 3 is 2.89 bits per heavy atom. The van der Waals surface area contributed by atoms with Gasteiger partial charge >= 0.3 is 0 Å². The van der Waals surface area contributed by atoms with Crippen molar-refractivity contribution in [1.82, 2.24) is 4.98 Å². The van der Waals surface area contributed by atoms with E-state index in [1.807, 2.05) is 44.2 Å². The van der Waals surface area contributed by atoms with Crippen molar-refractivity contribution in [1.29, 1.82) is 0 Å². The van der Waals surface area contributed by atoms with Crippen molar-refractivity contribution in [2.75, 3.05) is 6.61 Å². The van der Waals surface area contributed by atoms with E-state index in [2.05, 4.69) is 4.98 Å². The molecule has 0 saturated carbocycles. The lowest BCUT2D eigenvalue weighted by molar-refractivity contribution is 0.135. The fraction of sp³-hybridized carbons (Fsp3) is 0.400. The van der Waals surface area contributed by atoms with E-state index in [4.69, 9.17) is 10.5 Å². The highest BCUT2D eigenvalue weighted by molar-refractivity contribution is 5.84. The SMILES string of the molecule is CC(CC(C)(N)CO)Oc1cccc2ncccc12. The molecule has 0 radical (unpaired) electrons. The Hall–Kier alpha value is -1.65. The van der Waals surface area contributed by atoms with Crippen LogP contribution < -0.4 is 10.5 Å². The average molecular weight is 260 g/mol. The van der Waals surface area contributed by atoms with Crippen molar-refractivity contribution in [3.63, 3.8) is 0 Å². The van der Waals surface area contributed by atoms with Gasteiger partial charge in [0.25, 0.3) is 0 Å². The third-order valence-corrected chi connectivity index (χ3v) is 3.05. The fourth-order valence-electron chi connectivity index (χ4n) is 2.16. The number of aliphatic hydroxyl groups excluding tert-OH is 1. The first kappa shape index (κ1) is 13.8. The van der Waals surface area contributed by atoms with Gasteiger partial charge in [-0.2, -0.15) is 0 Å². The lowest BCUT2D eigenvalue weighted by Gasteiger charge is -2.26. The molecule has 2 aromatic rings. The van der Waals surface area contributed by atoms with Gasteiger partial charge in [0.1, 0.15) is 5.75 Å². The first-order valence-corrected chi connectivity index (χ1v) is 6.42. The number of rotatable bonds is 5. The number of pyridine rings is 1. The molecule has 102 valence electrons. The zero-order valence-electron chi connectivity index (χ0n) is 11.3. The van der Waals surface area contributed by atoms with Gasteiger partial charge in [0, 0.05) is 23.5 Å². The molecular formula is C15H20N2O2. The second kappa shape index (κ2) is 5.55. The van der Waals surface area contributed by atoms with E-state index in [1.54, 1.807) is 6.20 Å². The van der Waals surface area contributed by atoms with Crippen LogP contribution in [0.15, 0.2) is 36.5 Å². The van der Waals surface area contributed by atoms with Crippen molar-refractivity contribution >= 4 is 10.9 Å². The van der Waals surface area contributed by atoms with Crippen LogP contribution in [0.3, 0.4) is 0 Å². The molecule has 2 unspecified atom stereocenters. The maximum atomic E-state index is 9.19. The predicted molar refractivity (Wildman–Crippen MR) is 76.1 cm³/mol. The third-order valence-electron chi connectivity index (χ3n) is 3.05. The van der Waals surface area contributed by atoms with Crippen LogP contribution in [0.2, 0.25) is 0 Å². The van der Waals surface area contributed by atoms with E-state index in [9.17, 15) is 5.11 Å². The summed E-state index contributed by atoms with van der Waals surface area (Å²) in [5.41, 5.74) is 6.23. The number of nitrogens with zero attached hydrogens (tertiary/aromatic N) is 1. The number of aliphatic hydroxyl groups is 1. The van der Waals surface area contributed by atoms with Gasteiger partial charge in [-0.1, -0.05) is 6.07 Å². The number of benzene rings is 1. The largest absolute Gasteiger partial charge is 0.490 e. The molecule has 0 saturated heterocycles. The molecule has 4 heteroatoms. The van der Waals surface area contributed by atoms with Crippen LogP contribution in [-0.2, 0) is 0 Å². The van der Waals surface area contributed by atoms with E-state index in [-0.39, 0.29) is 12.7 Å². The zero-order chi connectivity index (χ0) is 13.9. The van der Waals surface area contributed by atoms with Gasteiger partial charge in [-0.25, -0.2) is 0 Å². The van der Waals surface area contributed by atoms with E-state index in [0.717, 1.165) is 16.7 Å². The minimum Gasteiger partial charge on any atom is -0.490 e. The molecule has 19 heavy (non-hydrogen) atoms. The number of fused-ring (bicyclic) bond motifs is 1. The Kier molecular flexibility index (Phi) is 4.02. The first-order chi connectivity index (χ1) is 9.02. The van der Waals surface area contributed by atoms with Gasteiger partial charge < -0.3 is 15.6 Å². The standard InChI is InChI=1S/C15H20N2O2/c1-11(9-15(2,16)10-18)19-14-7-3-6-13-12(14)5-4-8-17-13/h3-8,11,18H,9-10,16H2,1-2H3. The monoisotopic (exact) mass is 260 g/mol. The van der Waals surface area contributed by atoms with Crippen LogP contribution in [0.1, 0.15) is 20.3 Å². The zero-order valence-corrected chi connectivity index (χ0v) is 11.3. The van der Waals surface area contributed by atoms with Crippen LogP contribution in [0.5, 0.6) is 5.75 Å². The Morgan fingerprint density at radius 2 is 2.16 bits per heavy atom. The minimum atomic E-state index is -0.623. The normalized spacial score (nSPS) is 16.0. The summed E-state index contributed by atoms with van der Waals surface area (Å²) in [4.78, 5) is 4.30. The van der Waals surface area contributed by atoms with Crippen LogP contribution in [0.25, 0.3) is 10.9 Å². The lowest BCUT2D eigenvalue weighted by atomic mass is 9.97. The highest BCUT2D eigenvalue weighted by Crippen LogP contribution is 2.25. The van der Waals surface area contributed by atoms with Crippen molar-refractivity contribution in [3.05, 3.63) is 36.5 Å². The summed E-state index contributed by atoms with van der Waals surface area (Å²) in [6.07, 6.45) is 2.27. The summed E-state index contributed by atoms with van der Waals surface area (Å²) in [6, 6.07) is 9.67. The molecule has 0 aliphatic carbocycles. The fourth-order valence-corrected chi connectivity index (χ4v) is 2.16. The molecule has 2 atom stereocenters. The Balaban J connectivity index is 2.17. The molecule has 4 nitrogen and oxygen atoms in total. The molecule has 1 heterocycles. The molecule has 0 aliphatic heterocycles. The molecule has 0 fully saturated rings. The predicted octanol–water partition coefficient (Wildman–Crippen LogP) is 2.10. The summed E-state index contributed by atoms with van der Waals surface area (Å²) < 4.78 is 5.93. The minimum absolute atomic E-state index is 0.0577. The average Bonchev–Trinajstić information content (AvgIpc) is 2.38. The molecule has 1 aromatic heterocycles. The second-order valence-corrected chi connectivity index (χ2v) is 5.27. The summed E-state index contributed by atoms with van der Waals surface area (Å²) in [7, 11) is 0. The quantitative estimate of drug-likeness (QED) is 0.864. The summed E-state index contributed by atoms with van der Waals surface area (Å²) in [6.45, 7) is 3.71. The van der Waals surface area contributed by atoms with Crippen molar-refractivity contribution in [2.45, 2.75) is 31.9 Å². The number of nitrogens with two attached hydrogens (primary N) is 1. The van der Waals surface area contributed by atoms with Gasteiger partial charge in [0.2, 0.25) is 0 Å². The van der Waals surface area contributed by atoms with Gasteiger partial charge in [-0.05, 0) is 38.1 Å². The molecular weight excluding hydrogens is 240 g/mol. The maximum absolute atomic E-state index is 9.19. The van der Waals surface area contributed by atoms with E-state index in [1.165, 1.54) is 0 Å². The molecule has 0 aliphatic rings. The first-order valence-electron chi connectivity index (χ1n) is 6.42. The molecule has 2 rings (SSSR count). The van der Waals surface area contributed by atoms with Gasteiger partial charge in [-0.15, -0.1) is 0 Å². The molecule has 1 aromatic carbocycles. The van der Waals surface area contributed by atoms with Gasteiger partial charge in [0.05, 0.1) is 18.2 Å². The highest BCUT2D eigenvalue weighted by atomic mass is 16.5. The summed E-state index contributed by atoms with van der Waals surface area (Å²) in [5, 5.41) is 10.2. The van der Waals surface area contributed by atoms with Crippen LogP contribution in [-0.4, -0.2) is 28.3 Å². The number of ether oxygens (including phenoxy) is 1. The topological polar surface area (TPSA) is 68.4 Å². The van der Waals surface area contributed by atoms with Crippen molar-refractivity contribution < 1.29 is 9.84 Å². The van der Waals surface area contributed by atoms with Crippen molar-refractivity contribution in [2.24, 2.45) is 5.73 Å². The Morgan fingerprint density at radius 1 is 1.37 bits per heavy atom. The molecule has 0 spiro atoms. The number of aromatic nitrogens is 1. The van der Waals surface area contributed by atoms with Crippen LogP contribution in [0, 0.1) is 0 Å². The smallest absolute Gasteiger partial charge is 0.129 e. The molecule has 0 amide bonds. The lowest BCUT2D eigenvalue weighted by Crippen LogP contribution is -2.43. The third kappa shape index (κ3) is 3.43. The molecule has 0 bridgehead atoms. The summed E-state index contributed by atoms with van der Waals surface area (Å²) in [5.74, 6) is 0.798. The highest BCUT2D eigenvalue weighted by Gasteiger charge is 2.22. The number of hydrogen-bond donors (Lipinski definition) is 2. The Bertz CT molecular complexity index is 549. The Labute approximate surface area is 113 Å². The van der Waals surface area contributed by atoms with Crippen LogP contribution in [0.4, 0.5) is 0 Å². The maximum Gasteiger partial charge on any atom is 0.129 e. The van der Waals surface area contributed by atoms with Crippen LogP contribution >= 0.6 is 0 Å². The van der Waals surface area contributed by atoms with Gasteiger partial charge in [0.15, 0.2) is 0 Å². The number of hydrogen-bond acceptors (Lipinski definition) is 4. The second-order valence-electron chi connectivity index (χ2n) is 5.27. The van der Waals surface area contributed by atoms with E-state index >= 15 is 0 Å². The van der Waals surface area contributed by atoms with Gasteiger partial charge in [-0.3, -0.25) is 4.98 Å².